The Morgan fingerprint density at radius 1 is 1.14 bits per heavy atom. The summed E-state index contributed by atoms with van der Waals surface area (Å²) in [5.41, 5.74) is 3.09. The molecule has 0 N–H and O–H groups in total. The number of esters is 1. The third kappa shape index (κ3) is 4.68. The number of rotatable bonds is 7. The van der Waals surface area contributed by atoms with Crippen LogP contribution in [0, 0.1) is 17.3 Å². The summed E-state index contributed by atoms with van der Waals surface area (Å²) in [5.74, 6) is -0.519. The third-order valence-corrected chi connectivity index (χ3v) is 5.71. The van der Waals surface area contributed by atoms with E-state index in [1.54, 1.807) is 12.2 Å². The van der Waals surface area contributed by atoms with E-state index in [0.717, 1.165) is 17.5 Å². The zero-order chi connectivity index (χ0) is 20.3. The standard InChI is InChI=1S/C24H24Cl2O2/c1-4-20(28-23(27)22-19(15-21(25)26)24(22,2)3)18-12-8-11-17(14-18)13-16-9-6-5-7-10-16/h4-12,14-15,19-20,22H,1,13H2,2-3H3. The Kier molecular flexibility index (Phi) is 6.32. The molecule has 0 aliphatic heterocycles. The molecule has 2 aromatic rings. The molecular weight excluding hydrogens is 391 g/mol. The average molecular weight is 415 g/mol. The van der Waals surface area contributed by atoms with Crippen molar-refractivity contribution in [3.8, 4) is 0 Å². The monoisotopic (exact) mass is 414 g/mol. The van der Waals surface area contributed by atoms with E-state index in [1.165, 1.54) is 5.56 Å². The largest absolute Gasteiger partial charge is 0.453 e. The molecule has 0 spiro atoms. The quantitative estimate of drug-likeness (QED) is 0.374. The van der Waals surface area contributed by atoms with Gasteiger partial charge in [-0.1, -0.05) is 98.2 Å². The van der Waals surface area contributed by atoms with Gasteiger partial charge in [0.2, 0.25) is 0 Å². The molecule has 1 fully saturated rings. The lowest BCUT2D eigenvalue weighted by Gasteiger charge is -2.16. The summed E-state index contributed by atoms with van der Waals surface area (Å²) in [6.45, 7) is 7.88. The summed E-state index contributed by atoms with van der Waals surface area (Å²) in [7, 11) is 0. The van der Waals surface area contributed by atoms with Crippen LogP contribution >= 0.6 is 23.2 Å². The van der Waals surface area contributed by atoms with Crippen LogP contribution in [0.3, 0.4) is 0 Å². The van der Waals surface area contributed by atoms with Crippen LogP contribution in [0.1, 0.15) is 36.6 Å². The van der Waals surface area contributed by atoms with Gasteiger partial charge in [-0.25, -0.2) is 0 Å². The molecule has 3 atom stereocenters. The van der Waals surface area contributed by atoms with E-state index in [2.05, 4.69) is 30.8 Å². The fraction of sp³-hybridized carbons (Fsp3) is 0.292. The Morgan fingerprint density at radius 2 is 1.82 bits per heavy atom. The van der Waals surface area contributed by atoms with Gasteiger partial charge in [0.1, 0.15) is 10.6 Å². The highest BCUT2D eigenvalue weighted by Gasteiger charge is 2.61. The zero-order valence-electron chi connectivity index (χ0n) is 16.1. The molecule has 0 bridgehead atoms. The van der Waals surface area contributed by atoms with Gasteiger partial charge >= 0.3 is 5.97 Å². The van der Waals surface area contributed by atoms with Crippen LogP contribution in [0.2, 0.25) is 0 Å². The zero-order valence-corrected chi connectivity index (χ0v) is 17.6. The maximum Gasteiger partial charge on any atom is 0.311 e. The molecule has 1 aliphatic carbocycles. The molecule has 0 amide bonds. The van der Waals surface area contributed by atoms with Crippen molar-refractivity contribution in [2.24, 2.45) is 17.3 Å². The predicted molar refractivity (Wildman–Crippen MR) is 115 cm³/mol. The SMILES string of the molecule is C=CC(OC(=O)C1C(C=C(Cl)Cl)C1(C)C)c1cccc(Cc2ccccc2)c1. The fourth-order valence-electron chi connectivity index (χ4n) is 3.74. The summed E-state index contributed by atoms with van der Waals surface area (Å²) >= 11 is 11.6. The topological polar surface area (TPSA) is 26.3 Å². The summed E-state index contributed by atoms with van der Waals surface area (Å²) in [6.07, 6.45) is 3.71. The number of hydrogen-bond acceptors (Lipinski definition) is 2. The number of allylic oxidation sites excluding steroid dienone is 1. The molecule has 3 unspecified atom stereocenters. The minimum atomic E-state index is -0.490. The number of halogens is 2. The molecule has 1 saturated carbocycles. The van der Waals surface area contributed by atoms with Gasteiger partial charge in [-0.05, 0) is 46.6 Å². The third-order valence-electron chi connectivity index (χ3n) is 5.46. The van der Waals surface area contributed by atoms with Gasteiger partial charge in [-0.15, -0.1) is 0 Å². The second-order valence-corrected chi connectivity index (χ2v) is 8.79. The van der Waals surface area contributed by atoms with Crippen LogP contribution < -0.4 is 0 Å². The van der Waals surface area contributed by atoms with Gasteiger partial charge in [0, 0.05) is 0 Å². The first kappa shape index (κ1) is 20.7. The number of ether oxygens (including phenoxy) is 1. The van der Waals surface area contributed by atoms with Gasteiger partial charge in [0.25, 0.3) is 0 Å². The van der Waals surface area contributed by atoms with E-state index in [9.17, 15) is 4.79 Å². The molecular formula is C24H24Cl2O2. The molecule has 0 heterocycles. The molecule has 4 heteroatoms. The van der Waals surface area contributed by atoms with Gasteiger partial charge in [-0.2, -0.15) is 0 Å². The number of carbonyl (C=O) groups excluding carboxylic acids is 1. The number of hydrogen-bond donors (Lipinski definition) is 0. The minimum absolute atomic E-state index is 0.0140. The van der Waals surface area contributed by atoms with Crippen molar-refractivity contribution in [2.45, 2.75) is 26.4 Å². The summed E-state index contributed by atoms with van der Waals surface area (Å²) in [6, 6.07) is 18.4. The normalized spacial score (nSPS) is 20.7. The molecule has 28 heavy (non-hydrogen) atoms. The molecule has 2 nitrogen and oxygen atoms in total. The number of carbonyl (C=O) groups is 1. The minimum Gasteiger partial charge on any atom is -0.453 e. The van der Waals surface area contributed by atoms with E-state index < -0.39 is 6.10 Å². The second kappa shape index (κ2) is 8.55. The summed E-state index contributed by atoms with van der Waals surface area (Å²) in [5, 5.41) is 0. The van der Waals surface area contributed by atoms with Crippen molar-refractivity contribution >= 4 is 29.2 Å². The summed E-state index contributed by atoms with van der Waals surface area (Å²) in [4.78, 5) is 12.7. The molecule has 0 saturated heterocycles. The Hall–Kier alpha value is -2.03. The molecule has 2 aromatic carbocycles. The first-order valence-corrected chi connectivity index (χ1v) is 10.1. The van der Waals surface area contributed by atoms with E-state index in [-0.39, 0.29) is 27.7 Å². The van der Waals surface area contributed by atoms with Crippen LogP contribution in [0.5, 0.6) is 0 Å². The lowest BCUT2D eigenvalue weighted by atomic mass is 10.0. The highest BCUT2D eigenvalue weighted by atomic mass is 35.5. The highest BCUT2D eigenvalue weighted by Crippen LogP contribution is 2.60. The van der Waals surface area contributed by atoms with Crippen molar-refractivity contribution in [3.63, 3.8) is 0 Å². The van der Waals surface area contributed by atoms with Crippen molar-refractivity contribution in [1.82, 2.24) is 0 Å². The Labute approximate surface area is 176 Å². The van der Waals surface area contributed by atoms with Crippen LogP contribution in [0.25, 0.3) is 0 Å². The van der Waals surface area contributed by atoms with Gasteiger partial charge in [0.05, 0.1) is 5.92 Å². The van der Waals surface area contributed by atoms with Crippen LogP contribution in [0.15, 0.2) is 77.8 Å². The molecule has 1 aliphatic rings. The van der Waals surface area contributed by atoms with Crippen LogP contribution in [-0.2, 0) is 16.0 Å². The Bertz CT molecular complexity index is 882. The first-order chi connectivity index (χ1) is 13.3. The fourth-order valence-corrected chi connectivity index (χ4v) is 4.01. The Balaban J connectivity index is 1.72. The maximum atomic E-state index is 12.7. The lowest BCUT2D eigenvalue weighted by Crippen LogP contribution is -2.14. The Morgan fingerprint density at radius 3 is 2.46 bits per heavy atom. The van der Waals surface area contributed by atoms with E-state index >= 15 is 0 Å². The van der Waals surface area contributed by atoms with E-state index in [0.29, 0.717) is 0 Å². The second-order valence-electron chi connectivity index (χ2n) is 7.78. The van der Waals surface area contributed by atoms with Crippen molar-refractivity contribution < 1.29 is 9.53 Å². The highest BCUT2D eigenvalue weighted by molar-refractivity contribution is 6.55. The van der Waals surface area contributed by atoms with E-state index in [1.807, 2.05) is 44.2 Å². The number of benzene rings is 2. The van der Waals surface area contributed by atoms with Gasteiger partial charge < -0.3 is 4.74 Å². The van der Waals surface area contributed by atoms with Crippen molar-refractivity contribution in [1.29, 1.82) is 0 Å². The molecule has 3 rings (SSSR count). The smallest absolute Gasteiger partial charge is 0.311 e. The lowest BCUT2D eigenvalue weighted by molar-refractivity contribution is -0.149. The van der Waals surface area contributed by atoms with Crippen LogP contribution in [-0.4, -0.2) is 5.97 Å². The van der Waals surface area contributed by atoms with Crippen molar-refractivity contribution in [3.05, 3.63) is 94.5 Å². The van der Waals surface area contributed by atoms with Gasteiger partial charge in [-0.3, -0.25) is 4.79 Å². The van der Waals surface area contributed by atoms with Crippen LogP contribution in [0.4, 0.5) is 0 Å². The maximum absolute atomic E-state index is 12.7. The molecule has 146 valence electrons. The molecule has 0 aromatic heterocycles. The van der Waals surface area contributed by atoms with Gasteiger partial charge in [0.15, 0.2) is 0 Å². The van der Waals surface area contributed by atoms with E-state index in [4.69, 9.17) is 27.9 Å². The average Bonchev–Trinajstić information content (AvgIpc) is 3.20. The molecule has 0 radical (unpaired) electrons. The predicted octanol–water partition coefficient (Wildman–Crippen LogP) is 6.64. The summed E-state index contributed by atoms with van der Waals surface area (Å²) < 4.78 is 5.97. The van der Waals surface area contributed by atoms with Crippen molar-refractivity contribution in [2.75, 3.05) is 0 Å². The first-order valence-electron chi connectivity index (χ1n) is 9.31.